The van der Waals surface area contributed by atoms with Crippen LogP contribution in [0.2, 0.25) is 10.0 Å². The number of amides is 2. The van der Waals surface area contributed by atoms with Gasteiger partial charge in [0.15, 0.2) is 0 Å². The summed E-state index contributed by atoms with van der Waals surface area (Å²) in [6.07, 6.45) is 0. The van der Waals surface area contributed by atoms with Gasteiger partial charge in [0.25, 0.3) is 0 Å². The molecule has 0 bridgehead atoms. The van der Waals surface area contributed by atoms with E-state index < -0.39 is 6.03 Å². The van der Waals surface area contributed by atoms with Crippen molar-refractivity contribution in [2.24, 2.45) is 5.73 Å². The van der Waals surface area contributed by atoms with Crippen molar-refractivity contribution in [2.45, 2.75) is 6.54 Å². The van der Waals surface area contributed by atoms with Gasteiger partial charge in [-0.3, -0.25) is 0 Å². The number of carbonyl (C=O) groups excluding carboxylic acids is 1. The van der Waals surface area contributed by atoms with Crippen LogP contribution >= 0.6 is 23.2 Å². The van der Waals surface area contributed by atoms with Gasteiger partial charge >= 0.3 is 6.03 Å². The van der Waals surface area contributed by atoms with Gasteiger partial charge in [0.05, 0.1) is 10.0 Å². The molecule has 0 heterocycles. The molecule has 0 fully saturated rings. The minimum atomic E-state index is -0.591. The number of hydrogen-bond acceptors (Lipinski definition) is 2. The molecule has 4 nitrogen and oxygen atoms in total. The third kappa shape index (κ3) is 4.05. The molecular formula is C14H13Cl2N3O. The van der Waals surface area contributed by atoms with Crippen LogP contribution < -0.4 is 16.4 Å². The average molecular weight is 310 g/mol. The van der Waals surface area contributed by atoms with E-state index in [2.05, 4.69) is 10.6 Å². The van der Waals surface area contributed by atoms with Gasteiger partial charge in [-0.05, 0) is 35.9 Å². The summed E-state index contributed by atoms with van der Waals surface area (Å²) in [6.45, 7) is 0.594. The summed E-state index contributed by atoms with van der Waals surface area (Å²) in [6, 6.07) is 12.1. The zero-order valence-electron chi connectivity index (χ0n) is 10.5. The predicted molar refractivity (Wildman–Crippen MR) is 83.4 cm³/mol. The van der Waals surface area contributed by atoms with Crippen molar-refractivity contribution in [3.8, 4) is 0 Å². The molecule has 0 radical (unpaired) electrons. The number of anilines is 2. The Bertz CT molecular complexity index is 632. The molecule has 0 saturated heterocycles. The van der Waals surface area contributed by atoms with Crippen LogP contribution in [0, 0.1) is 0 Å². The predicted octanol–water partition coefficient (Wildman–Crippen LogP) is 4.10. The van der Waals surface area contributed by atoms with Crippen LogP contribution in [0.5, 0.6) is 0 Å². The zero-order chi connectivity index (χ0) is 14.5. The zero-order valence-corrected chi connectivity index (χ0v) is 12.0. The van der Waals surface area contributed by atoms with Crippen molar-refractivity contribution in [1.29, 1.82) is 0 Å². The first kappa shape index (κ1) is 14.5. The van der Waals surface area contributed by atoms with Gasteiger partial charge in [-0.1, -0.05) is 35.3 Å². The lowest BCUT2D eigenvalue weighted by molar-refractivity contribution is 0.259. The number of nitrogens with two attached hydrogens (primary N) is 1. The first-order valence-electron chi connectivity index (χ1n) is 5.89. The fourth-order valence-corrected chi connectivity index (χ4v) is 2.02. The highest BCUT2D eigenvalue weighted by Crippen LogP contribution is 2.23. The van der Waals surface area contributed by atoms with Crippen molar-refractivity contribution in [2.75, 3.05) is 10.6 Å². The van der Waals surface area contributed by atoms with Crippen molar-refractivity contribution in [3.63, 3.8) is 0 Å². The minimum Gasteiger partial charge on any atom is -0.381 e. The highest BCUT2D eigenvalue weighted by molar-refractivity contribution is 6.42. The van der Waals surface area contributed by atoms with Crippen LogP contribution in [0.4, 0.5) is 16.2 Å². The van der Waals surface area contributed by atoms with E-state index in [1.54, 1.807) is 18.2 Å². The Kier molecular flexibility index (Phi) is 4.71. The Morgan fingerprint density at radius 3 is 2.50 bits per heavy atom. The molecule has 0 unspecified atom stereocenters. The summed E-state index contributed by atoms with van der Waals surface area (Å²) >= 11 is 11.8. The fraction of sp³-hybridized carbons (Fsp3) is 0.0714. The number of nitrogens with one attached hydrogen (secondary N) is 2. The van der Waals surface area contributed by atoms with Gasteiger partial charge in [0.1, 0.15) is 0 Å². The van der Waals surface area contributed by atoms with Crippen molar-refractivity contribution in [3.05, 3.63) is 58.1 Å². The molecule has 6 heteroatoms. The molecule has 0 aliphatic rings. The van der Waals surface area contributed by atoms with E-state index in [4.69, 9.17) is 28.9 Å². The van der Waals surface area contributed by atoms with Crippen LogP contribution in [0.15, 0.2) is 42.5 Å². The number of hydrogen-bond donors (Lipinski definition) is 3. The molecule has 2 rings (SSSR count). The lowest BCUT2D eigenvalue weighted by Gasteiger charge is -2.09. The first-order chi connectivity index (χ1) is 9.54. The normalized spacial score (nSPS) is 10.1. The summed E-state index contributed by atoms with van der Waals surface area (Å²) in [7, 11) is 0. The number of rotatable bonds is 4. The fourth-order valence-electron chi connectivity index (χ4n) is 1.70. The first-order valence-corrected chi connectivity index (χ1v) is 6.64. The molecule has 4 N–H and O–H groups in total. The van der Waals surface area contributed by atoms with Crippen LogP contribution in [-0.2, 0) is 6.54 Å². The maximum atomic E-state index is 10.8. The highest BCUT2D eigenvalue weighted by Gasteiger charge is 2.01. The molecule has 0 aliphatic heterocycles. The van der Waals surface area contributed by atoms with Gasteiger partial charge in [0.2, 0.25) is 0 Å². The maximum Gasteiger partial charge on any atom is 0.316 e. The van der Waals surface area contributed by atoms with Crippen molar-refractivity contribution >= 4 is 40.6 Å². The second-order valence-electron chi connectivity index (χ2n) is 4.17. The van der Waals surface area contributed by atoms with Gasteiger partial charge < -0.3 is 16.4 Å². The monoisotopic (exact) mass is 309 g/mol. The van der Waals surface area contributed by atoms with Crippen LogP contribution in [-0.4, -0.2) is 6.03 Å². The second-order valence-corrected chi connectivity index (χ2v) is 4.99. The van der Waals surface area contributed by atoms with Crippen molar-refractivity contribution < 1.29 is 4.79 Å². The SMILES string of the molecule is NC(=O)Nc1cccc(NCc2ccc(Cl)c(Cl)c2)c1. The van der Waals surface area contributed by atoms with Crippen LogP contribution in [0.3, 0.4) is 0 Å². The van der Waals surface area contributed by atoms with E-state index in [1.165, 1.54) is 0 Å². The number of primary amides is 1. The molecule has 0 aliphatic carbocycles. The van der Waals surface area contributed by atoms with E-state index in [1.807, 2.05) is 24.3 Å². The largest absolute Gasteiger partial charge is 0.381 e. The summed E-state index contributed by atoms with van der Waals surface area (Å²) < 4.78 is 0. The average Bonchev–Trinajstić information content (AvgIpc) is 2.40. The van der Waals surface area contributed by atoms with Gasteiger partial charge in [0, 0.05) is 17.9 Å². The summed E-state index contributed by atoms with van der Waals surface area (Å²) in [4.78, 5) is 10.8. The van der Waals surface area contributed by atoms with E-state index in [-0.39, 0.29) is 0 Å². The Morgan fingerprint density at radius 2 is 1.80 bits per heavy atom. The Labute approximate surface area is 126 Å². The van der Waals surface area contributed by atoms with Gasteiger partial charge in [-0.25, -0.2) is 4.79 Å². The molecular weight excluding hydrogens is 297 g/mol. The Balaban J connectivity index is 2.03. The molecule has 0 saturated carbocycles. The number of halogens is 2. The van der Waals surface area contributed by atoms with E-state index in [0.29, 0.717) is 22.3 Å². The molecule has 2 aromatic carbocycles. The molecule has 104 valence electrons. The molecule has 0 spiro atoms. The molecule has 0 aromatic heterocycles. The smallest absolute Gasteiger partial charge is 0.316 e. The molecule has 2 amide bonds. The number of urea groups is 1. The molecule has 0 atom stereocenters. The van der Waals surface area contributed by atoms with Crippen molar-refractivity contribution in [1.82, 2.24) is 0 Å². The van der Waals surface area contributed by atoms with Crippen LogP contribution in [0.25, 0.3) is 0 Å². The van der Waals surface area contributed by atoms with Gasteiger partial charge in [-0.2, -0.15) is 0 Å². The quantitative estimate of drug-likeness (QED) is 0.796. The van der Waals surface area contributed by atoms with E-state index in [0.717, 1.165) is 11.3 Å². The highest BCUT2D eigenvalue weighted by atomic mass is 35.5. The lowest BCUT2D eigenvalue weighted by Crippen LogP contribution is -2.19. The third-order valence-corrected chi connectivity index (χ3v) is 3.35. The second kappa shape index (κ2) is 6.50. The summed E-state index contributed by atoms with van der Waals surface area (Å²) in [5, 5.41) is 6.80. The standard InChI is InChI=1S/C14H13Cl2N3O/c15-12-5-4-9(6-13(12)16)8-18-10-2-1-3-11(7-10)19-14(17)20/h1-7,18H,8H2,(H3,17,19,20). The summed E-state index contributed by atoms with van der Waals surface area (Å²) in [5.41, 5.74) is 7.58. The minimum absolute atomic E-state index is 0.523. The number of carbonyl (C=O) groups is 1. The third-order valence-electron chi connectivity index (χ3n) is 2.61. The molecule has 20 heavy (non-hydrogen) atoms. The van der Waals surface area contributed by atoms with E-state index >= 15 is 0 Å². The van der Waals surface area contributed by atoms with E-state index in [9.17, 15) is 4.79 Å². The summed E-state index contributed by atoms with van der Waals surface area (Å²) in [5.74, 6) is 0. The maximum absolute atomic E-state index is 10.8. The van der Waals surface area contributed by atoms with Gasteiger partial charge in [-0.15, -0.1) is 0 Å². The van der Waals surface area contributed by atoms with Crippen LogP contribution in [0.1, 0.15) is 5.56 Å². The Morgan fingerprint density at radius 1 is 1.05 bits per heavy atom. The molecule has 2 aromatic rings. The lowest BCUT2D eigenvalue weighted by atomic mass is 10.2. The Hall–Kier alpha value is -1.91. The topological polar surface area (TPSA) is 67.2 Å². The number of benzene rings is 2.